The zero-order chi connectivity index (χ0) is 33.3. The van der Waals surface area contributed by atoms with Gasteiger partial charge >= 0.3 is 11.9 Å². The number of nitrogen functional groups attached to an aromatic ring is 1. The summed E-state index contributed by atoms with van der Waals surface area (Å²) in [6.45, 7) is 0.149. The Bertz CT molecular complexity index is 2110. The van der Waals surface area contributed by atoms with Crippen LogP contribution in [0.15, 0.2) is 56.7 Å². The van der Waals surface area contributed by atoms with E-state index in [9.17, 15) is 45.4 Å². The summed E-state index contributed by atoms with van der Waals surface area (Å²) in [5, 5.41) is 28.3. The lowest BCUT2D eigenvalue weighted by molar-refractivity contribution is -0.136. The Balaban J connectivity index is 1.95. The average Bonchev–Trinajstić information content (AvgIpc) is 2.93. The van der Waals surface area contributed by atoms with Gasteiger partial charge in [-0.2, -0.15) is 0 Å². The van der Waals surface area contributed by atoms with Gasteiger partial charge in [0.1, 0.15) is 30.0 Å². The van der Waals surface area contributed by atoms with Gasteiger partial charge in [0.2, 0.25) is 0 Å². The number of fused-ring (bicyclic) bond motifs is 2. The molecule has 0 atom stereocenters. The van der Waals surface area contributed by atoms with Crippen molar-refractivity contribution in [2.75, 3.05) is 23.8 Å². The minimum atomic E-state index is -5.46. The first-order valence-corrected chi connectivity index (χ1v) is 17.7. The number of benzene rings is 3. The van der Waals surface area contributed by atoms with E-state index >= 15 is 0 Å². The van der Waals surface area contributed by atoms with Crippen molar-refractivity contribution in [3.8, 4) is 22.5 Å². The van der Waals surface area contributed by atoms with E-state index in [1.165, 1.54) is 33.7 Å². The monoisotopic (exact) mass is 695 g/mol. The maximum atomic E-state index is 13.0. The number of carbonyl (C=O) groups excluding carboxylic acids is 1. The summed E-state index contributed by atoms with van der Waals surface area (Å²) in [5.74, 6) is -3.17. The second kappa shape index (κ2) is 13.1. The third kappa shape index (κ3) is 7.24. The topological polar surface area (TPSA) is 281 Å². The first kappa shape index (κ1) is 33.7. The number of nitrogens with one attached hydrogen (secondary N) is 2. The average molecular weight is 696 g/mol. The fourth-order valence-electron chi connectivity index (χ4n) is 4.41. The number of anilines is 1. The Kier molecular flexibility index (Phi) is 9.80. The molecule has 0 fully saturated rings. The molecule has 0 saturated heterocycles. The molecule has 0 unspecified atom stereocenters. The van der Waals surface area contributed by atoms with Crippen molar-refractivity contribution in [2.45, 2.75) is 16.2 Å². The predicted molar refractivity (Wildman–Crippen MR) is 161 cm³/mol. The number of hydrogen-bond donors (Lipinski definition) is 5. The predicted octanol–water partition coefficient (Wildman–Crippen LogP) is 2.36. The maximum absolute atomic E-state index is 13.0. The van der Waals surface area contributed by atoms with Crippen LogP contribution >= 0.6 is 21.6 Å². The second-order valence-corrected chi connectivity index (χ2v) is 14.5. The molecule has 238 valence electrons. The molecule has 1 aliphatic carbocycles. The summed E-state index contributed by atoms with van der Waals surface area (Å²) >= 11 is 0. The molecule has 2 aromatic rings. The third-order valence-electron chi connectivity index (χ3n) is 6.23. The van der Waals surface area contributed by atoms with Gasteiger partial charge in [-0.1, -0.05) is 21.6 Å². The summed E-state index contributed by atoms with van der Waals surface area (Å²) in [7, 11) is -8.25. The smallest absolute Gasteiger partial charge is 0.336 e. The van der Waals surface area contributed by atoms with E-state index < -0.39 is 75.8 Å². The van der Waals surface area contributed by atoms with E-state index in [4.69, 9.17) is 20.7 Å². The van der Waals surface area contributed by atoms with Crippen LogP contribution in [0.3, 0.4) is 0 Å². The molecule has 0 bridgehead atoms. The summed E-state index contributed by atoms with van der Waals surface area (Å²) in [4.78, 5) is 33.7. The van der Waals surface area contributed by atoms with Gasteiger partial charge in [0.15, 0.2) is 11.3 Å². The zero-order valence-corrected chi connectivity index (χ0v) is 25.8. The number of hydrogen-bond acceptors (Lipinski definition) is 14. The van der Waals surface area contributed by atoms with Gasteiger partial charge in [-0.3, -0.25) is 15.0 Å². The lowest BCUT2D eigenvalue weighted by Gasteiger charge is -2.22. The number of carboxylic acid groups (broad SMARTS) is 2. The van der Waals surface area contributed by atoms with Crippen molar-refractivity contribution in [1.29, 1.82) is 5.41 Å². The second-order valence-electron chi connectivity index (χ2n) is 9.17. The Hall–Kier alpha value is -4.14. The van der Waals surface area contributed by atoms with Crippen LogP contribution in [0.1, 0.15) is 27.1 Å². The normalized spacial score (nSPS) is 12.0. The Morgan fingerprint density at radius 1 is 0.911 bits per heavy atom. The third-order valence-corrected chi connectivity index (χ3v) is 10.5. The fourth-order valence-corrected chi connectivity index (χ4v) is 7.75. The molecule has 6 N–H and O–H groups in total. The largest absolute Gasteiger partial charge is 0.744 e. The molecule has 1 aliphatic heterocycles. The number of nitrogens with two attached hydrogens (primary N) is 1. The minimum absolute atomic E-state index is 0.0287. The number of carbonyl (C=O) groups is 3. The summed E-state index contributed by atoms with van der Waals surface area (Å²) in [5.41, 5.74) is 3.16. The van der Waals surface area contributed by atoms with Gasteiger partial charge in [-0.15, -0.1) is 0 Å². The van der Waals surface area contributed by atoms with Crippen LogP contribution in [0, 0.1) is 5.41 Å². The van der Waals surface area contributed by atoms with Crippen molar-refractivity contribution in [3.63, 3.8) is 0 Å². The summed E-state index contributed by atoms with van der Waals surface area (Å²) in [6.07, 6.45) is -0.0287. The van der Waals surface area contributed by atoms with E-state index in [0.29, 0.717) is 11.5 Å². The number of amides is 1. The number of rotatable bonds is 12. The van der Waals surface area contributed by atoms with E-state index in [-0.39, 0.29) is 40.6 Å². The highest BCUT2D eigenvalue weighted by atomic mass is 33.1. The summed E-state index contributed by atoms with van der Waals surface area (Å²) < 4.78 is 78.9. The molecule has 19 heteroatoms. The van der Waals surface area contributed by atoms with Crippen LogP contribution in [0.5, 0.6) is 0 Å². The van der Waals surface area contributed by atoms with Gasteiger partial charge in [0.25, 0.3) is 5.91 Å². The van der Waals surface area contributed by atoms with Gasteiger partial charge in [0, 0.05) is 40.1 Å². The van der Waals surface area contributed by atoms with Crippen molar-refractivity contribution in [3.05, 3.63) is 58.9 Å². The lowest BCUT2D eigenvalue weighted by atomic mass is 9.89. The van der Waals surface area contributed by atoms with Crippen molar-refractivity contribution in [1.82, 2.24) is 5.32 Å². The molecular weight excluding hydrogens is 675 g/mol. The van der Waals surface area contributed by atoms with Crippen molar-refractivity contribution >= 4 is 76.3 Å². The number of aliphatic carboxylic acids is 1. The minimum Gasteiger partial charge on any atom is -0.744 e. The first-order valence-electron chi connectivity index (χ1n) is 12.4. The van der Waals surface area contributed by atoms with Gasteiger partial charge in [0.05, 0.1) is 23.0 Å². The standard InChI is InChI=1S/C26H23N3O12S4/c27-17-5-3-14-20(15-4-6-18(28)24(45(38,39)40)22(15)41-21(14)23(17)44(35,36)37)16-11-12(1-2-13(16)26(33)34)25(32)29-8-10-43-42-9-7-19(30)31/h1-6,11,27H,7-10,28H2,(H,29,32)(H,30,31)(H,33,34)(H,35,36,37)(H,38,39,40)/p-2. The Labute approximate surface area is 262 Å². The molecule has 0 saturated carbocycles. The number of carboxylic acids is 2. The zero-order valence-electron chi connectivity index (χ0n) is 22.6. The highest BCUT2D eigenvalue weighted by Gasteiger charge is 2.29. The molecule has 0 spiro atoms. The van der Waals surface area contributed by atoms with Crippen LogP contribution in [-0.2, 0) is 25.0 Å². The Morgan fingerprint density at radius 2 is 1.58 bits per heavy atom. The summed E-state index contributed by atoms with van der Waals surface area (Å²) in [6, 6.07) is 7.73. The van der Waals surface area contributed by atoms with E-state index in [1.54, 1.807) is 0 Å². The molecular formula is C26H21N3O12S4-2. The molecule has 2 aromatic carbocycles. The maximum Gasteiger partial charge on any atom is 0.336 e. The first-order chi connectivity index (χ1) is 21.0. The molecule has 1 amide bonds. The molecule has 15 nitrogen and oxygen atoms in total. The van der Waals surface area contributed by atoms with Crippen LogP contribution < -0.4 is 16.4 Å². The Morgan fingerprint density at radius 3 is 2.20 bits per heavy atom. The van der Waals surface area contributed by atoms with E-state index in [0.717, 1.165) is 30.3 Å². The van der Waals surface area contributed by atoms with Crippen LogP contribution in [0.25, 0.3) is 33.4 Å². The molecule has 1 heterocycles. The SMILES string of the molecule is N=c1ccc2c(-c3cc(C(=O)NCCSSCCC(=O)O)ccc3C(=O)O)c3ccc(N)c(S(=O)(=O)[O-])c3oc-2c1S(=O)(=O)[O-]. The highest BCUT2D eigenvalue weighted by molar-refractivity contribution is 8.76. The van der Waals surface area contributed by atoms with Gasteiger partial charge < -0.3 is 34.8 Å². The van der Waals surface area contributed by atoms with Gasteiger partial charge in [-0.25, -0.2) is 21.6 Å². The van der Waals surface area contributed by atoms with Crippen molar-refractivity contribution in [2.24, 2.45) is 0 Å². The molecule has 0 aromatic heterocycles. The van der Waals surface area contributed by atoms with Gasteiger partial charge in [-0.05, 0) is 48.0 Å². The van der Waals surface area contributed by atoms with Crippen LogP contribution in [0.2, 0.25) is 0 Å². The van der Waals surface area contributed by atoms with Crippen LogP contribution in [0.4, 0.5) is 5.69 Å². The quantitative estimate of drug-likeness (QED) is 0.0467. The van der Waals surface area contributed by atoms with Crippen molar-refractivity contribution < 1.29 is 55.0 Å². The molecule has 0 radical (unpaired) electrons. The molecule has 2 aliphatic rings. The van der Waals surface area contributed by atoms with E-state index in [2.05, 4.69) is 5.32 Å². The molecule has 4 rings (SSSR count). The van der Waals surface area contributed by atoms with Crippen LogP contribution in [-0.4, -0.2) is 72.1 Å². The lowest BCUT2D eigenvalue weighted by Crippen LogP contribution is -2.25. The fraction of sp³-hybridized carbons (Fsp3) is 0.154. The van der Waals surface area contributed by atoms with E-state index in [1.807, 2.05) is 0 Å². The molecule has 45 heavy (non-hydrogen) atoms. The highest BCUT2D eigenvalue weighted by Crippen LogP contribution is 2.45. The number of aromatic carboxylic acids is 1.